The number of rotatable bonds is 10. The van der Waals surface area contributed by atoms with Gasteiger partial charge in [-0.15, -0.1) is 5.10 Å². The first-order valence-corrected chi connectivity index (χ1v) is 9.66. The summed E-state index contributed by atoms with van der Waals surface area (Å²) in [4.78, 5) is 12.4. The molecule has 0 fully saturated rings. The summed E-state index contributed by atoms with van der Waals surface area (Å²) in [5.74, 6) is -0.467. The SMILES string of the molecule is CCOC(Cn1cc(C(=O)NCC(C)(C)c2cccc(C(F)(F)F)c2)nn1)OCC. The highest BCUT2D eigenvalue weighted by molar-refractivity contribution is 5.91. The van der Waals surface area contributed by atoms with Crippen molar-refractivity contribution >= 4 is 5.91 Å². The van der Waals surface area contributed by atoms with Gasteiger partial charge in [-0.3, -0.25) is 4.79 Å². The molecule has 0 saturated carbocycles. The van der Waals surface area contributed by atoms with E-state index in [2.05, 4.69) is 15.6 Å². The average molecular weight is 428 g/mol. The predicted molar refractivity (Wildman–Crippen MR) is 104 cm³/mol. The first kappa shape index (κ1) is 23.8. The fourth-order valence-electron chi connectivity index (χ4n) is 2.78. The summed E-state index contributed by atoms with van der Waals surface area (Å²) in [7, 11) is 0. The summed E-state index contributed by atoms with van der Waals surface area (Å²) in [5.41, 5.74) is -0.873. The van der Waals surface area contributed by atoms with E-state index < -0.39 is 29.4 Å². The highest BCUT2D eigenvalue weighted by Crippen LogP contribution is 2.32. The van der Waals surface area contributed by atoms with Gasteiger partial charge < -0.3 is 14.8 Å². The van der Waals surface area contributed by atoms with Gasteiger partial charge >= 0.3 is 6.18 Å². The van der Waals surface area contributed by atoms with Crippen LogP contribution in [0.15, 0.2) is 30.5 Å². The van der Waals surface area contributed by atoms with Crippen molar-refractivity contribution in [1.82, 2.24) is 20.3 Å². The number of aromatic nitrogens is 3. The number of halogens is 3. The third-order valence-corrected chi connectivity index (χ3v) is 4.47. The van der Waals surface area contributed by atoms with Crippen LogP contribution in [0.5, 0.6) is 0 Å². The minimum Gasteiger partial charge on any atom is -0.351 e. The second-order valence-corrected chi connectivity index (χ2v) is 7.31. The lowest BCUT2D eigenvalue weighted by Crippen LogP contribution is -2.37. The molecule has 0 radical (unpaired) electrons. The zero-order chi connectivity index (χ0) is 22.4. The highest BCUT2D eigenvalue weighted by Gasteiger charge is 2.32. The second-order valence-electron chi connectivity index (χ2n) is 7.31. The van der Waals surface area contributed by atoms with Gasteiger partial charge in [-0.05, 0) is 25.5 Å². The molecule has 166 valence electrons. The number of amides is 1. The molecule has 0 spiro atoms. The minimum atomic E-state index is -4.42. The number of hydrogen-bond acceptors (Lipinski definition) is 5. The van der Waals surface area contributed by atoms with Crippen molar-refractivity contribution in [2.75, 3.05) is 19.8 Å². The molecule has 7 nitrogen and oxygen atoms in total. The predicted octanol–water partition coefficient (Wildman–Crippen LogP) is 3.40. The van der Waals surface area contributed by atoms with Gasteiger partial charge in [0.2, 0.25) is 0 Å². The summed E-state index contributed by atoms with van der Waals surface area (Å²) in [6, 6.07) is 5.10. The summed E-state index contributed by atoms with van der Waals surface area (Å²) in [6.07, 6.45) is -3.45. The molecule has 0 aliphatic rings. The lowest BCUT2D eigenvalue weighted by molar-refractivity contribution is -0.145. The maximum absolute atomic E-state index is 13.0. The maximum Gasteiger partial charge on any atom is 0.416 e. The van der Waals surface area contributed by atoms with Crippen molar-refractivity contribution in [3.63, 3.8) is 0 Å². The van der Waals surface area contributed by atoms with E-state index in [1.807, 2.05) is 13.8 Å². The van der Waals surface area contributed by atoms with E-state index >= 15 is 0 Å². The first-order chi connectivity index (χ1) is 14.1. The number of nitrogens with one attached hydrogen (secondary N) is 1. The molecule has 0 unspecified atom stereocenters. The first-order valence-electron chi connectivity index (χ1n) is 9.66. The Labute approximate surface area is 173 Å². The van der Waals surface area contributed by atoms with Crippen molar-refractivity contribution in [3.8, 4) is 0 Å². The fraction of sp³-hybridized carbons (Fsp3) is 0.550. The standard InChI is InChI=1S/C20H27F3N4O3/c1-5-29-17(30-6-2)12-27-11-16(25-26-27)18(28)24-13-19(3,4)14-8-7-9-15(10-14)20(21,22)23/h7-11,17H,5-6,12-13H2,1-4H3,(H,24,28). The molecule has 0 aliphatic heterocycles. The quantitative estimate of drug-likeness (QED) is 0.587. The molecule has 1 heterocycles. The summed E-state index contributed by atoms with van der Waals surface area (Å²) in [5, 5.41) is 10.5. The fourth-order valence-corrected chi connectivity index (χ4v) is 2.78. The number of ether oxygens (including phenoxy) is 2. The topological polar surface area (TPSA) is 78.3 Å². The van der Waals surface area contributed by atoms with Crippen LogP contribution in [0.1, 0.15) is 49.3 Å². The van der Waals surface area contributed by atoms with Crippen LogP contribution < -0.4 is 5.32 Å². The zero-order valence-corrected chi connectivity index (χ0v) is 17.5. The van der Waals surface area contributed by atoms with E-state index in [1.165, 1.54) is 16.9 Å². The molecule has 1 aromatic carbocycles. The Kier molecular flexibility index (Phi) is 7.96. The smallest absolute Gasteiger partial charge is 0.351 e. The molecule has 2 aromatic rings. The van der Waals surface area contributed by atoms with Crippen LogP contribution in [0.4, 0.5) is 13.2 Å². The van der Waals surface area contributed by atoms with E-state index in [9.17, 15) is 18.0 Å². The van der Waals surface area contributed by atoms with E-state index in [-0.39, 0.29) is 18.8 Å². The zero-order valence-electron chi connectivity index (χ0n) is 17.5. The largest absolute Gasteiger partial charge is 0.416 e. The Morgan fingerprint density at radius 3 is 2.40 bits per heavy atom. The minimum absolute atomic E-state index is 0.0987. The van der Waals surface area contributed by atoms with Crippen LogP contribution in [-0.2, 0) is 27.6 Å². The number of benzene rings is 1. The van der Waals surface area contributed by atoms with Crippen molar-refractivity contribution in [2.45, 2.75) is 52.1 Å². The molecule has 0 saturated heterocycles. The number of alkyl halides is 3. The van der Waals surface area contributed by atoms with Gasteiger partial charge in [-0.25, -0.2) is 4.68 Å². The normalized spacial score (nSPS) is 12.4. The van der Waals surface area contributed by atoms with Crippen molar-refractivity contribution < 1.29 is 27.4 Å². The van der Waals surface area contributed by atoms with E-state index in [1.54, 1.807) is 19.9 Å². The third-order valence-electron chi connectivity index (χ3n) is 4.47. The van der Waals surface area contributed by atoms with Crippen molar-refractivity contribution in [1.29, 1.82) is 0 Å². The molecule has 2 rings (SSSR count). The Hall–Kier alpha value is -2.46. The van der Waals surface area contributed by atoms with Crippen LogP contribution in [-0.4, -0.2) is 46.9 Å². The summed E-state index contributed by atoms with van der Waals surface area (Å²) in [6.45, 7) is 8.55. The Bertz CT molecular complexity index is 831. The van der Waals surface area contributed by atoms with Crippen LogP contribution in [0.2, 0.25) is 0 Å². The molecule has 0 aliphatic carbocycles. The van der Waals surface area contributed by atoms with Crippen molar-refractivity contribution in [3.05, 3.63) is 47.3 Å². The molecular formula is C20H27F3N4O3. The summed E-state index contributed by atoms with van der Waals surface area (Å²) >= 11 is 0. The van der Waals surface area contributed by atoms with Crippen LogP contribution in [0, 0.1) is 0 Å². The molecule has 1 amide bonds. The molecular weight excluding hydrogens is 401 g/mol. The molecule has 30 heavy (non-hydrogen) atoms. The van der Waals surface area contributed by atoms with Gasteiger partial charge in [-0.2, -0.15) is 13.2 Å². The Morgan fingerprint density at radius 1 is 1.17 bits per heavy atom. The van der Waals surface area contributed by atoms with E-state index in [0.717, 1.165) is 12.1 Å². The average Bonchev–Trinajstić information content (AvgIpc) is 3.15. The highest BCUT2D eigenvalue weighted by atomic mass is 19.4. The lowest BCUT2D eigenvalue weighted by atomic mass is 9.83. The third kappa shape index (κ3) is 6.53. The molecule has 1 N–H and O–H groups in total. The molecule has 1 aromatic heterocycles. The molecule has 0 bridgehead atoms. The van der Waals surface area contributed by atoms with Gasteiger partial charge in [0.1, 0.15) is 0 Å². The van der Waals surface area contributed by atoms with E-state index in [0.29, 0.717) is 18.8 Å². The Balaban J connectivity index is 2.01. The van der Waals surface area contributed by atoms with Crippen LogP contribution >= 0.6 is 0 Å². The molecule has 10 heteroatoms. The second kappa shape index (κ2) is 10.0. The van der Waals surface area contributed by atoms with Crippen molar-refractivity contribution in [2.24, 2.45) is 0 Å². The van der Waals surface area contributed by atoms with E-state index in [4.69, 9.17) is 9.47 Å². The van der Waals surface area contributed by atoms with Gasteiger partial charge in [0.25, 0.3) is 5.91 Å². The van der Waals surface area contributed by atoms with Crippen LogP contribution in [0.25, 0.3) is 0 Å². The number of nitrogens with zero attached hydrogens (tertiary/aromatic N) is 3. The Morgan fingerprint density at radius 2 is 1.80 bits per heavy atom. The van der Waals surface area contributed by atoms with Gasteiger partial charge in [0, 0.05) is 25.2 Å². The molecule has 0 atom stereocenters. The lowest BCUT2D eigenvalue weighted by Gasteiger charge is -2.26. The number of carbonyl (C=O) groups is 1. The van der Waals surface area contributed by atoms with Gasteiger partial charge in [-0.1, -0.05) is 37.3 Å². The monoisotopic (exact) mass is 428 g/mol. The maximum atomic E-state index is 13.0. The van der Waals surface area contributed by atoms with Crippen LogP contribution in [0.3, 0.4) is 0 Å². The van der Waals surface area contributed by atoms with Gasteiger partial charge in [0.15, 0.2) is 12.0 Å². The number of hydrogen-bond donors (Lipinski definition) is 1. The van der Waals surface area contributed by atoms with Gasteiger partial charge in [0.05, 0.1) is 18.3 Å². The number of carbonyl (C=O) groups excluding carboxylic acids is 1. The summed E-state index contributed by atoms with van der Waals surface area (Å²) < 4.78 is 51.3.